The molecule has 1 fully saturated rings. The van der Waals surface area contributed by atoms with Crippen LogP contribution in [-0.4, -0.2) is 32.8 Å². The van der Waals surface area contributed by atoms with Crippen LogP contribution in [0.25, 0.3) is 31.9 Å². The highest BCUT2D eigenvalue weighted by Crippen LogP contribution is 2.37. The number of fused-ring (bicyclic) bond motifs is 1. The highest BCUT2D eigenvalue weighted by Gasteiger charge is 2.31. The van der Waals surface area contributed by atoms with Gasteiger partial charge in [-0.2, -0.15) is 18.3 Å². The Morgan fingerprint density at radius 1 is 1.10 bits per heavy atom. The van der Waals surface area contributed by atoms with E-state index in [0.717, 1.165) is 49.2 Å². The number of hydrogen-bond donors (Lipinski definition) is 2. The Morgan fingerprint density at radius 3 is 2.68 bits per heavy atom. The van der Waals surface area contributed by atoms with Crippen molar-refractivity contribution in [2.75, 3.05) is 18.8 Å². The molecule has 10 heteroatoms. The molecule has 0 aliphatic carbocycles. The van der Waals surface area contributed by atoms with E-state index in [2.05, 4.69) is 20.4 Å². The molecule has 0 saturated carbocycles. The van der Waals surface area contributed by atoms with Crippen molar-refractivity contribution in [3.8, 4) is 21.7 Å². The van der Waals surface area contributed by atoms with Crippen LogP contribution in [0, 0.1) is 0 Å². The Labute approximate surface area is 179 Å². The van der Waals surface area contributed by atoms with Gasteiger partial charge in [-0.3, -0.25) is 4.68 Å². The number of piperidine rings is 1. The lowest BCUT2D eigenvalue weighted by Crippen LogP contribution is -2.29. The topological polar surface area (TPSA) is 81.6 Å². The molecule has 3 aromatic heterocycles. The van der Waals surface area contributed by atoms with E-state index in [1.807, 2.05) is 16.9 Å². The van der Waals surface area contributed by atoms with Gasteiger partial charge >= 0.3 is 6.18 Å². The Kier molecular flexibility index (Phi) is 4.90. The van der Waals surface area contributed by atoms with Gasteiger partial charge < -0.3 is 11.1 Å². The number of nitrogens with zero attached hydrogens (tertiary/aromatic N) is 4. The second-order valence-electron chi connectivity index (χ2n) is 7.55. The number of thiazole rings is 1. The van der Waals surface area contributed by atoms with E-state index in [9.17, 15) is 13.2 Å². The number of aromatic nitrogens is 4. The lowest BCUT2D eigenvalue weighted by Gasteiger charge is -2.22. The number of nitrogens with one attached hydrogen (secondary N) is 1. The van der Waals surface area contributed by atoms with Crippen molar-refractivity contribution in [3.63, 3.8) is 0 Å². The zero-order chi connectivity index (χ0) is 21.6. The van der Waals surface area contributed by atoms with Crippen LogP contribution in [0.4, 0.5) is 19.0 Å². The van der Waals surface area contributed by atoms with Crippen molar-refractivity contribution in [2.45, 2.75) is 25.1 Å². The summed E-state index contributed by atoms with van der Waals surface area (Å²) >= 11 is 1.29. The SMILES string of the molecule is Nc1ncc(-c2cnn(C3CCNCC3)c2)cc1-c1nc2cc(C(F)(F)F)ccc2s1. The van der Waals surface area contributed by atoms with E-state index >= 15 is 0 Å². The molecule has 0 amide bonds. The first kappa shape index (κ1) is 20.0. The maximum absolute atomic E-state index is 13.0. The third kappa shape index (κ3) is 3.88. The predicted octanol–water partition coefficient (Wildman–Crippen LogP) is 4.75. The van der Waals surface area contributed by atoms with Gasteiger partial charge in [-0.25, -0.2) is 9.97 Å². The van der Waals surface area contributed by atoms with Crippen molar-refractivity contribution in [1.29, 1.82) is 0 Å². The average Bonchev–Trinajstić information content (AvgIpc) is 3.41. The van der Waals surface area contributed by atoms with E-state index in [0.29, 0.717) is 26.8 Å². The summed E-state index contributed by atoms with van der Waals surface area (Å²) in [6.07, 6.45) is 3.12. The summed E-state index contributed by atoms with van der Waals surface area (Å²) < 4.78 is 41.7. The molecule has 4 heterocycles. The van der Waals surface area contributed by atoms with Gasteiger partial charge in [0.1, 0.15) is 10.8 Å². The zero-order valence-electron chi connectivity index (χ0n) is 16.4. The standard InChI is InChI=1S/C21H19F3N6S/c22-21(23,24)14-1-2-18-17(8-14)29-20(31-18)16-7-12(9-27-19(16)25)13-10-28-30(11-13)15-3-5-26-6-4-15/h1-2,7-11,15,26H,3-6H2,(H2,25,27). The van der Waals surface area contributed by atoms with Crippen LogP contribution < -0.4 is 11.1 Å². The Morgan fingerprint density at radius 2 is 1.90 bits per heavy atom. The fourth-order valence-electron chi connectivity index (χ4n) is 3.78. The molecule has 0 unspecified atom stereocenters. The van der Waals surface area contributed by atoms with Gasteiger partial charge in [0.15, 0.2) is 0 Å². The summed E-state index contributed by atoms with van der Waals surface area (Å²) in [6, 6.07) is 5.80. The lowest BCUT2D eigenvalue weighted by atomic mass is 10.1. The molecule has 31 heavy (non-hydrogen) atoms. The third-order valence-electron chi connectivity index (χ3n) is 5.48. The first-order valence-corrected chi connectivity index (χ1v) is 10.7. The molecule has 1 aliphatic heterocycles. The van der Waals surface area contributed by atoms with Crippen molar-refractivity contribution in [2.24, 2.45) is 0 Å². The summed E-state index contributed by atoms with van der Waals surface area (Å²) in [6.45, 7) is 1.95. The van der Waals surface area contributed by atoms with Gasteiger partial charge in [-0.1, -0.05) is 0 Å². The van der Waals surface area contributed by atoms with Gasteiger partial charge in [0.05, 0.1) is 33.6 Å². The van der Waals surface area contributed by atoms with E-state index in [1.165, 1.54) is 17.4 Å². The van der Waals surface area contributed by atoms with Crippen molar-refractivity contribution in [3.05, 3.63) is 48.4 Å². The normalized spacial score (nSPS) is 15.6. The molecule has 4 aromatic rings. The second kappa shape index (κ2) is 7.61. The van der Waals surface area contributed by atoms with Crippen LogP contribution in [0.2, 0.25) is 0 Å². The minimum absolute atomic E-state index is 0.282. The van der Waals surface area contributed by atoms with Gasteiger partial charge in [-0.05, 0) is 50.2 Å². The summed E-state index contributed by atoms with van der Waals surface area (Å²) in [7, 11) is 0. The van der Waals surface area contributed by atoms with Crippen LogP contribution in [-0.2, 0) is 6.18 Å². The molecule has 1 saturated heterocycles. The Bertz CT molecular complexity index is 1240. The van der Waals surface area contributed by atoms with Gasteiger partial charge in [-0.15, -0.1) is 11.3 Å². The fraction of sp³-hybridized carbons (Fsp3) is 0.286. The van der Waals surface area contributed by atoms with Crippen LogP contribution in [0.3, 0.4) is 0 Å². The van der Waals surface area contributed by atoms with Gasteiger partial charge in [0.25, 0.3) is 0 Å². The maximum atomic E-state index is 13.0. The highest BCUT2D eigenvalue weighted by molar-refractivity contribution is 7.21. The van der Waals surface area contributed by atoms with Crippen LogP contribution in [0.5, 0.6) is 0 Å². The molecule has 6 nitrogen and oxygen atoms in total. The number of pyridine rings is 1. The first-order chi connectivity index (χ1) is 14.9. The Balaban J connectivity index is 1.50. The van der Waals surface area contributed by atoms with Crippen molar-refractivity contribution in [1.82, 2.24) is 25.1 Å². The summed E-state index contributed by atoms with van der Waals surface area (Å²) in [5, 5.41) is 8.40. The molecule has 0 atom stereocenters. The summed E-state index contributed by atoms with van der Waals surface area (Å²) in [5.74, 6) is 0.282. The van der Waals surface area contributed by atoms with Crippen molar-refractivity contribution < 1.29 is 13.2 Å². The van der Waals surface area contributed by atoms with Gasteiger partial charge in [0.2, 0.25) is 0 Å². The molecule has 0 spiro atoms. The molecule has 1 aliphatic rings. The number of benzene rings is 1. The number of nitrogens with two attached hydrogens (primary N) is 1. The summed E-state index contributed by atoms with van der Waals surface area (Å²) in [4.78, 5) is 8.70. The predicted molar refractivity (Wildman–Crippen MR) is 115 cm³/mol. The van der Waals surface area contributed by atoms with Crippen LogP contribution in [0.15, 0.2) is 42.9 Å². The molecule has 3 N–H and O–H groups in total. The van der Waals surface area contributed by atoms with E-state index in [4.69, 9.17) is 5.73 Å². The number of alkyl halides is 3. The molecular formula is C21H19F3N6S. The molecule has 5 rings (SSSR count). The molecular weight excluding hydrogens is 425 g/mol. The van der Waals surface area contributed by atoms with E-state index in [1.54, 1.807) is 12.4 Å². The highest BCUT2D eigenvalue weighted by atomic mass is 32.1. The molecule has 0 bridgehead atoms. The number of halogens is 3. The summed E-state index contributed by atoms with van der Waals surface area (Å²) in [5.41, 5.74) is 8.00. The first-order valence-electron chi connectivity index (χ1n) is 9.87. The van der Waals surface area contributed by atoms with Crippen molar-refractivity contribution >= 4 is 27.4 Å². The third-order valence-corrected chi connectivity index (χ3v) is 6.55. The lowest BCUT2D eigenvalue weighted by molar-refractivity contribution is -0.137. The van der Waals surface area contributed by atoms with Crippen LogP contribution >= 0.6 is 11.3 Å². The van der Waals surface area contributed by atoms with E-state index in [-0.39, 0.29) is 5.82 Å². The molecule has 1 aromatic carbocycles. The minimum atomic E-state index is -4.41. The number of nitrogen functional groups attached to an aromatic ring is 1. The quantitative estimate of drug-likeness (QED) is 0.477. The fourth-order valence-corrected chi connectivity index (χ4v) is 4.75. The Hall–Kier alpha value is -2.98. The average molecular weight is 444 g/mol. The molecule has 160 valence electrons. The molecule has 0 radical (unpaired) electrons. The monoisotopic (exact) mass is 444 g/mol. The second-order valence-corrected chi connectivity index (χ2v) is 8.58. The number of anilines is 1. The van der Waals surface area contributed by atoms with Crippen LogP contribution in [0.1, 0.15) is 24.4 Å². The smallest absolute Gasteiger partial charge is 0.383 e. The minimum Gasteiger partial charge on any atom is -0.383 e. The van der Waals surface area contributed by atoms with Gasteiger partial charge in [0, 0.05) is 23.5 Å². The largest absolute Gasteiger partial charge is 0.416 e. The maximum Gasteiger partial charge on any atom is 0.416 e. The number of hydrogen-bond acceptors (Lipinski definition) is 6. The number of rotatable bonds is 3. The zero-order valence-corrected chi connectivity index (χ0v) is 17.2. The van der Waals surface area contributed by atoms with E-state index < -0.39 is 11.7 Å².